The van der Waals surface area contributed by atoms with E-state index < -0.39 is 0 Å². The predicted octanol–water partition coefficient (Wildman–Crippen LogP) is 4.11. The van der Waals surface area contributed by atoms with Crippen molar-refractivity contribution < 1.29 is 4.39 Å². The molecule has 3 rings (SSSR count). The fourth-order valence-electron chi connectivity index (χ4n) is 2.56. The van der Waals surface area contributed by atoms with Crippen molar-refractivity contribution in [2.75, 3.05) is 17.2 Å². The summed E-state index contributed by atoms with van der Waals surface area (Å²) in [5.41, 5.74) is 8.80. The van der Waals surface area contributed by atoms with Crippen LogP contribution in [0.1, 0.15) is 6.92 Å². The minimum Gasteiger partial charge on any atom is -0.397 e. The normalized spacial score (nSPS) is 10.8. The van der Waals surface area contributed by atoms with E-state index in [0.717, 1.165) is 16.6 Å². The lowest BCUT2D eigenvalue weighted by Crippen LogP contribution is -2.17. The highest BCUT2D eigenvalue weighted by atomic mass is 19.1. The highest BCUT2D eigenvalue weighted by Gasteiger charge is 2.15. The Labute approximate surface area is 122 Å². The van der Waals surface area contributed by atoms with E-state index in [1.807, 2.05) is 42.2 Å². The van der Waals surface area contributed by atoms with Gasteiger partial charge >= 0.3 is 0 Å². The second kappa shape index (κ2) is 5.40. The number of rotatable bonds is 3. The van der Waals surface area contributed by atoms with Crippen LogP contribution in [-0.2, 0) is 0 Å². The predicted molar refractivity (Wildman–Crippen MR) is 85.2 cm³/mol. The summed E-state index contributed by atoms with van der Waals surface area (Å²) in [6.45, 7) is 2.64. The van der Waals surface area contributed by atoms with Gasteiger partial charge in [-0.3, -0.25) is 4.98 Å². The van der Waals surface area contributed by atoms with Gasteiger partial charge in [0.1, 0.15) is 5.82 Å². The second-order valence-electron chi connectivity index (χ2n) is 4.77. The van der Waals surface area contributed by atoms with Gasteiger partial charge in [-0.2, -0.15) is 0 Å². The third-order valence-electron chi connectivity index (χ3n) is 3.53. The van der Waals surface area contributed by atoms with Gasteiger partial charge in [0.2, 0.25) is 0 Å². The Morgan fingerprint density at radius 1 is 1.05 bits per heavy atom. The molecule has 0 aliphatic carbocycles. The molecule has 0 amide bonds. The third-order valence-corrected chi connectivity index (χ3v) is 3.53. The Morgan fingerprint density at radius 2 is 1.86 bits per heavy atom. The van der Waals surface area contributed by atoms with Gasteiger partial charge in [-0.15, -0.1) is 0 Å². The van der Waals surface area contributed by atoms with Crippen molar-refractivity contribution in [3.63, 3.8) is 0 Å². The molecule has 0 spiro atoms. The average molecular weight is 281 g/mol. The van der Waals surface area contributed by atoms with Crippen LogP contribution in [0.2, 0.25) is 0 Å². The van der Waals surface area contributed by atoms with E-state index in [9.17, 15) is 4.39 Å². The van der Waals surface area contributed by atoms with Crippen LogP contribution < -0.4 is 10.6 Å². The molecule has 3 aromatic rings. The van der Waals surface area contributed by atoms with Gasteiger partial charge < -0.3 is 10.6 Å². The minimum atomic E-state index is -0.242. The molecule has 2 N–H and O–H groups in total. The maximum atomic E-state index is 14.1. The Balaban J connectivity index is 2.23. The number of pyridine rings is 1. The zero-order valence-electron chi connectivity index (χ0n) is 11.8. The summed E-state index contributed by atoms with van der Waals surface area (Å²) in [6.07, 6.45) is 1.71. The maximum Gasteiger partial charge on any atom is 0.146 e. The molecule has 0 saturated heterocycles. The van der Waals surface area contributed by atoms with Crippen molar-refractivity contribution in [1.29, 1.82) is 0 Å². The summed E-state index contributed by atoms with van der Waals surface area (Å²) in [5, 5.41) is 0.919. The van der Waals surface area contributed by atoms with Crippen molar-refractivity contribution in [1.82, 2.24) is 4.98 Å². The molecule has 1 heterocycles. The molecule has 4 heteroatoms. The summed E-state index contributed by atoms with van der Waals surface area (Å²) in [7, 11) is 0. The number of anilines is 3. The van der Waals surface area contributed by atoms with E-state index in [4.69, 9.17) is 5.73 Å². The number of halogens is 1. The fourth-order valence-corrected chi connectivity index (χ4v) is 2.56. The molecular formula is C17H16FN3. The van der Waals surface area contributed by atoms with Crippen LogP contribution in [0.25, 0.3) is 10.9 Å². The van der Waals surface area contributed by atoms with Gasteiger partial charge in [-0.05, 0) is 31.2 Å². The molecule has 1 aromatic heterocycles. The highest BCUT2D eigenvalue weighted by Crippen LogP contribution is 2.33. The molecule has 0 atom stereocenters. The summed E-state index contributed by atoms with van der Waals surface area (Å²) in [6, 6.07) is 14.3. The first-order valence-electron chi connectivity index (χ1n) is 6.87. The van der Waals surface area contributed by atoms with Crippen LogP contribution in [0, 0.1) is 5.82 Å². The smallest absolute Gasteiger partial charge is 0.146 e. The van der Waals surface area contributed by atoms with Crippen LogP contribution in [0.15, 0.2) is 54.7 Å². The topological polar surface area (TPSA) is 42.2 Å². The Morgan fingerprint density at radius 3 is 2.62 bits per heavy atom. The summed E-state index contributed by atoms with van der Waals surface area (Å²) in [4.78, 5) is 6.26. The first-order valence-corrected chi connectivity index (χ1v) is 6.87. The molecule has 0 radical (unpaired) electrons. The first-order chi connectivity index (χ1) is 10.2. The van der Waals surface area contributed by atoms with E-state index in [-0.39, 0.29) is 5.82 Å². The molecule has 0 unspecified atom stereocenters. The van der Waals surface area contributed by atoms with Crippen LogP contribution >= 0.6 is 0 Å². The van der Waals surface area contributed by atoms with Crippen molar-refractivity contribution in [3.05, 3.63) is 60.5 Å². The van der Waals surface area contributed by atoms with Gasteiger partial charge in [-0.1, -0.05) is 24.3 Å². The molecule has 21 heavy (non-hydrogen) atoms. The quantitative estimate of drug-likeness (QED) is 0.734. The number of fused-ring (bicyclic) bond motifs is 1. The third kappa shape index (κ3) is 2.29. The lowest BCUT2D eigenvalue weighted by atomic mass is 10.1. The summed E-state index contributed by atoms with van der Waals surface area (Å²) < 4.78 is 14.1. The van der Waals surface area contributed by atoms with E-state index in [1.165, 1.54) is 6.07 Å². The molecule has 2 aromatic carbocycles. The van der Waals surface area contributed by atoms with Crippen molar-refractivity contribution >= 4 is 28.0 Å². The molecule has 106 valence electrons. The lowest BCUT2D eigenvalue weighted by molar-refractivity contribution is 0.626. The maximum absolute atomic E-state index is 14.1. The van der Waals surface area contributed by atoms with E-state index in [2.05, 4.69) is 4.98 Å². The number of benzene rings is 2. The molecule has 3 nitrogen and oxygen atoms in total. The number of hydrogen-bond donors (Lipinski definition) is 1. The zero-order chi connectivity index (χ0) is 14.8. The second-order valence-corrected chi connectivity index (χ2v) is 4.77. The van der Waals surface area contributed by atoms with Gasteiger partial charge in [-0.25, -0.2) is 4.39 Å². The van der Waals surface area contributed by atoms with Crippen LogP contribution in [0.4, 0.5) is 21.5 Å². The van der Waals surface area contributed by atoms with Crippen molar-refractivity contribution in [3.8, 4) is 0 Å². The van der Waals surface area contributed by atoms with Gasteiger partial charge in [0.05, 0.1) is 22.6 Å². The molecule has 0 aliphatic heterocycles. The fraction of sp³-hybridized carbons (Fsp3) is 0.118. The largest absolute Gasteiger partial charge is 0.397 e. The molecule has 0 aliphatic rings. The van der Waals surface area contributed by atoms with Gasteiger partial charge in [0.25, 0.3) is 0 Å². The summed E-state index contributed by atoms with van der Waals surface area (Å²) >= 11 is 0. The number of para-hydroxylation sites is 2. The molecule has 0 bridgehead atoms. The minimum absolute atomic E-state index is 0.242. The number of aromatic nitrogens is 1. The highest BCUT2D eigenvalue weighted by molar-refractivity contribution is 5.99. The standard InChI is InChI=1S/C17H16FN3/c1-2-21(16-9-4-3-7-13(16)18)15-10-11-20-17-12(15)6-5-8-14(17)19/h3-11H,2,19H2,1H3. The lowest BCUT2D eigenvalue weighted by Gasteiger charge is -2.25. The molecule has 0 fully saturated rings. The summed E-state index contributed by atoms with van der Waals surface area (Å²) in [5.74, 6) is -0.242. The Bertz CT molecular complexity index is 786. The van der Waals surface area contributed by atoms with Gasteiger partial charge in [0.15, 0.2) is 0 Å². The van der Waals surface area contributed by atoms with Gasteiger partial charge in [0, 0.05) is 18.1 Å². The van der Waals surface area contributed by atoms with Crippen molar-refractivity contribution in [2.45, 2.75) is 6.92 Å². The van der Waals surface area contributed by atoms with Crippen molar-refractivity contribution in [2.24, 2.45) is 0 Å². The Hall–Kier alpha value is -2.62. The molecular weight excluding hydrogens is 265 g/mol. The molecule has 0 saturated carbocycles. The number of nitrogen functional groups attached to an aromatic ring is 1. The average Bonchev–Trinajstić information content (AvgIpc) is 2.51. The van der Waals surface area contributed by atoms with E-state index in [0.29, 0.717) is 17.9 Å². The number of hydrogen-bond acceptors (Lipinski definition) is 3. The Kier molecular flexibility index (Phi) is 3.44. The SMILES string of the molecule is CCN(c1ccccc1F)c1ccnc2c(N)cccc12. The zero-order valence-corrected chi connectivity index (χ0v) is 11.8. The monoisotopic (exact) mass is 281 g/mol. The number of nitrogens with zero attached hydrogens (tertiary/aromatic N) is 2. The van der Waals surface area contributed by atoms with Crippen LogP contribution in [-0.4, -0.2) is 11.5 Å². The van der Waals surface area contributed by atoms with E-state index in [1.54, 1.807) is 18.3 Å². The number of nitrogens with two attached hydrogens (primary N) is 1. The van der Waals surface area contributed by atoms with Crippen LogP contribution in [0.5, 0.6) is 0 Å². The first kappa shape index (κ1) is 13.4. The van der Waals surface area contributed by atoms with Crippen LogP contribution in [0.3, 0.4) is 0 Å². The van der Waals surface area contributed by atoms with E-state index >= 15 is 0 Å².